The van der Waals surface area contributed by atoms with Crippen LogP contribution in [0.4, 0.5) is 4.39 Å². The van der Waals surface area contributed by atoms with Gasteiger partial charge in [0.15, 0.2) is 0 Å². The first-order chi connectivity index (χ1) is 11.5. The van der Waals surface area contributed by atoms with Crippen molar-refractivity contribution in [2.45, 2.75) is 18.8 Å². The molecule has 0 aromatic heterocycles. The van der Waals surface area contributed by atoms with E-state index in [1.807, 2.05) is 24.3 Å². The predicted octanol–water partition coefficient (Wildman–Crippen LogP) is -0.794. The molecule has 0 saturated heterocycles. The topological polar surface area (TPSA) is 43.4 Å². The van der Waals surface area contributed by atoms with Crippen LogP contribution in [0.15, 0.2) is 48.5 Å². The molecule has 25 heavy (non-hydrogen) atoms. The summed E-state index contributed by atoms with van der Waals surface area (Å²) in [5, 5.41) is 10.8. The van der Waals surface area contributed by atoms with E-state index in [2.05, 4.69) is 12.1 Å². The maximum absolute atomic E-state index is 13.8. The van der Waals surface area contributed by atoms with Crippen LogP contribution < -0.4 is 24.0 Å². The maximum Gasteiger partial charge on any atom is 1.00 e. The number of hydrogen-bond donors (Lipinski definition) is 0. The second-order valence-electron chi connectivity index (χ2n) is 6.60. The first-order valence-electron chi connectivity index (χ1n) is 8.26. The summed E-state index contributed by atoms with van der Waals surface area (Å²) in [6.07, 6.45) is 1.85. The number of halogens is 1. The van der Waals surface area contributed by atoms with Crippen molar-refractivity contribution in [2.24, 2.45) is 5.92 Å². The van der Waals surface area contributed by atoms with Gasteiger partial charge in [-0.2, -0.15) is 0 Å². The van der Waals surface area contributed by atoms with Crippen LogP contribution in [0, 0.1) is 11.7 Å². The molecule has 0 N–H and O–H groups in total. The number of benzene rings is 2. The minimum Gasteiger partial charge on any atom is -0.549 e. The van der Waals surface area contributed by atoms with E-state index in [1.165, 1.54) is 11.6 Å². The number of carboxylic acids is 1. The molecule has 0 amide bonds. The number of carboxylic acid groups (broad SMARTS) is 1. The fourth-order valence-corrected chi connectivity index (χ4v) is 3.84. The van der Waals surface area contributed by atoms with Crippen molar-refractivity contribution in [3.63, 3.8) is 0 Å². The van der Waals surface area contributed by atoms with Crippen LogP contribution in [0.3, 0.4) is 0 Å². The summed E-state index contributed by atoms with van der Waals surface area (Å²) in [4.78, 5) is 12.6. The zero-order valence-electron chi connectivity index (χ0n) is 14.7. The van der Waals surface area contributed by atoms with E-state index in [-0.39, 0.29) is 43.1 Å². The second-order valence-corrected chi connectivity index (χ2v) is 6.60. The Bertz CT molecular complexity index is 723. The fraction of sp³-hybridized carbons (Fsp3) is 0.350. The van der Waals surface area contributed by atoms with E-state index in [0.29, 0.717) is 6.54 Å². The molecule has 0 radical (unpaired) electrons. The quantitative estimate of drug-likeness (QED) is 0.674. The van der Waals surface area contributed by atoms with Gasteiger partial charge in [0.1, 0.15) is 5.82 Å². The van der Waals surface area contributed by atoms with Gasteiger partial charge in [0, 0.05) is 19.0 Å². The Morgan fingerprint density at radius 2 is 1.96 bits per heavy atom. The number of carbonyl (C=O) groups is 1. The Morgan fingerprint density at radius 1 is 1.24 bits per heavy atom. The number of nitrogens with zero attached hydrogens (tertiary/aromatic N) is 1. The van der Waals surface area contributed by atoms with E-state index < -0.39 is 5.97 Å². The Balaban J connectivity index is 0.00000225. The van der Waals surface area contributed by atoms with Crippen LogP contribution in [0.5, 0.6) is 0 Å². The van der Waals surface area contributed by atoms with Gasteiger partial charge in [-0.3, -0.25) is 0 Å². The standard InChI is InChI=1S/C20H22FNO2.Li/c1-22(13-19(23)24)12-16-8-7-14-9-10-17(21)11-18(14)20(16)15-5-3-2-4-6-15;/h2-6,9-11,16,20H,7-8,12-13H2,1H3,(H,23,24);/q;+1/p-1/t16-,20+;/m1./s1. The van der Waals surface area contributed by atoms with Gasteiger partial charge in [0.25, 0.3) is 0 Å². The summed E-state index contributed by atoms with van der Waals surface area (Å²) < 4.78 is 13.8. The third kappa shape index (κ3) is 4.73. The number of likely N-dealkylation sites (N-methyl/N-ethyl adjacent to an activating group) is 1. The van der Waals surface area contributed by atoms with Crippen LogP contribution in [-0.4, -0.2) is 31.0 Å². The third-order valence-corrected chi connectivity index (χ3v) is 4.80. The van der Waals surface area contributed by atoms with Crippen LogP contribution in [-0.2, 0) is 11.2 Å². The molecular formula is C20H21FLiNO2. The van der Waals surface area contributed by atoms with Crippen LogP contribution >= 0.6 is 0 Å². The van der Waals surface area contributed by atoms with Crippen molar-refractivity contribution in [1.82, 2.24) is 4.90 Å². The molecule has 5 heteroatoms. The van der Waals surface area contributed by atoms with Crippen LogP contribution in [0.25, 0.3) is 0 Å². The molecule has 0 fully saturated rings. The number of aliphatic carboxylic acids is 1. The van der Waals surface area contributed by atoms with Crippen LogP contribution in [0.1, 0.15) is 29.0 Å². The van der Waals surface area contributed by atoms with Crippen molar-refractivity contribution >= 4 is 5.97 Å². The summed E-state index contributed by atoms with van der Waals surface area (Å²) >= 11 is 0. The average Bonchev–Trinajstić information content (AvgIpc) is 2.54. The van der Waals surface area contributed by atoms with E-state index >= 15 is 0 Å². The Hall–Kier alpha value is -1.60. The Morgan fingerprint density at radius 3 is 2.64 bits per heavy atom. The van der Waals surface area contributed by atoms with Gasteiger partial charge in [-0.05, 0) is 54.6 Å². The van der Waals surface area contributed by atoms with Crippen molar-refractivity contribution < 1.29 is 33.2 Å². The summed E-state index contributed by atoms with van der Waals surface area (Å²) in [6.45, 7) is 0.553. The Kier molecular flexibility index (Phi) is 6.84. The molecular weight excluding hydrogens is 312 g/mol. The van der Waals surface area contributed by atoms with Gasteiger partial charge in [0.05, 0.1) is 5.97 Å². The number of fused-ring (bicyclic) bond motifs is 1. The molecule has 0 aliphatic heterocycles. The molecule has 2 aromatic carbocycles. The SMILES string of the molecule is CN(CC(=O)[O-])C[C@H]1CCc2ccc(F)cc2[C@H]1c1ccccc1.[Li+]. The summed E-state index contributed by atoms with van der Waals surface area (Å²) in [7, 11) is 1.79. The van der Waals surface area contributed by atoms with Gasteiger partial charge in [-0.25, -0.2) is 4.39 Å². The normalized spacial score (nSPS) is 19.2. The third-order valence-electron chi connectivity index (χ3n) is 4.80. The molecule has 0 saturated carbocycles. The molecule has 2 aromatic rings. The molecule has 0 heterocycles. The van der Waals surface area contributed by atoms with E-state index in [1.54, 1.807) is 18.0 Å². The zero-order valence-corrected chi connectivity index (χ0v) is 14.7. The second kappa shape index (κ2) is 8.67. The van der Waals surface area contributed by atoms with Crippen molar-refractivity contribution in [1.29, 1.82) is 0 Å². The van der Waals surface area contributed by atoms with Gasteiger partial charge in [-0.15, -0.1) is 0 Å². The largest absolute Gasteiger partial charge is 1.00 e. The minimum absolute atomic E-state index is 0. The first kappa shape index (κ1) is 19.7. The molecule has 3 rings (SSSR count). The first-order valence-corrected chi connectivity index (χ1v) is 8.26. The molecule has 1 aliphatic rings. The van der Waals surface area contributed by atoms with Crippen molar-refractivity contribution in [3.8, 4) is 0 Å². The summed E-state index contributed by atoms with van der Waals surface area (Å²) in [5.41, 5.74) is 3.36. The Labute approximate surface area is 160 Å². The molecule has 0 spiro atoms. The molecule has 0 bridgehead atoms. The molecule has 1 aliphatic carbocycles. The number of rotatable bonds is 5. The zero-order chi connectivity index (χ0) is 17.1. The van der Waals surface area contributed by atoms with Crippen LogP contribution in [0.2, 0.25) is 0 Å². The monoisotopic (exact) mass is 333 g/mol. The van der Waals surface area contributed by atoms with Gasteiger partial charge >= 0.3 is 18.9 Å². The average molecular weight is 333 g/mol. The summed E-state index contributed by atoms with van der Waals surface area (Å²) in [5.74, 6) is -0.977. The van der Waals surface area contributed by atoms with Gasteiger partial charge in [0.2, 0.25) is 0 Å². The molecule has 126 valence electrons. The number of aryl methyl sites for hydroxylation is 1. The van der Waals surface area contributed by atoms with Crippen molar-refractivity contribution in [3.05, 3.63) is 71.0 Å². The summed E-state index contributed by atoms with van der Waals surface area (Å²) in [6, 6.07) is 15.1. The molecule has 0 unspecified atom stereocenters. The van der Waals surface area contributed by atoms with E-state index in [0.717, 1.165) is 24.0 Å². The minimum atomic E-state index is -1.07. The number of hydrogen-bond acceptors (Lipinski definition) is 3. The van der Waals surface area contributed by atoms with Crippen molar-refractivity contribution in [2.75, 3.05) is 20.1 Å². The van der Waals surface area contributed by atoms with Gasteiger partial charge in [-0.1, -0.05) is 36.4 Å². The molecule has 2 atom stereocenters. The molecule has 3 nitrogen and oxygen atoms in total. The maximum atomic E-state index is 13.8. The van der Waals surface area contributed by atoms with Gasteiger partial charge < -0.3 is 14.8 Å². The number of carbonyl (C=O) groups excluding carboxylic acids is 1. The van der Waals surface area contributed by atoms with E-state index in [9.17, 15) is 14.3 Å². The fourth-order valence-electron chi connectivity index (χ4n) is 3.84. The predicted molar refractivity (Wildman–Crippen MR) is 89.0 cm³/mol. The smallest absolute Gasteiger partial charge is 0.549 e. The van der Waals surface area contributed by atoms with E-state index in [4.69, 9.17) is 0 Å².